The molecule has 5 rings (SSSR count). The second-order valence-electron chi connectivity index (χ2n) is 10.2. The number of carbonyl (C=O) groups is 2. The van der Waals surface area contributed by atoms with Gasteiger partial charge in [-0.15, -0.1) is 0 Å². The van der Waals surface area contributed by atoms with Crippen LogP contribution < -0.4 is 15.5 Å². The number of thiophene rings is 1. The Morgan fingerprint density at radius 3 is 2.65 bits per heavy atom. The van der Waals surface area contributed by atoms with E-state index in [1.807, 2.05) is 49.0 Å². The van der Waals surface area contributed by atoms with Crippen LogP contribution in [0.15, 0.2) is 53.5 Å². The number of anilines is 1. The number of nitrogens with zero attached hydrogens (tertiary/aromatic N) is 4. The number of aliphatic hydroxyl groups is 1. The van der Waals surface area contributed by atoms with Crippen LogP contribution in [0.1, 0.15) is 46.8 Å². The maximum absolute atomic E-state index is 13.5. The number of imidazole rings is 1. The van der Waals surface area contributed by atoms with Gasteiger partial charge in [-0.1, -0.05) is 13.8 Å². The third-order valence-electron chi connectivity index (χ3n) is 6.83. The smallest absolute Gasteiger partial charge is 0.270 e. The molecule has 1 aliphatic rings. The quantitative estimate of drug-likeness (QED) is 0.271. The minimum atomic E-state index is -0.387. The van der Waals surface area contributed by atoms with Crippen molar-refractivity contribution in [3.05, 3.63) is 70.4 Å². The molecule has 0 saturated carbocycles. The van der Waals surface area contributed by atoms with Gasteiger partial charge in [-0.25, -0.2) is 4.98 Å². The predicted octanol–water partition coefficient (Wildman–Crippen LogP) is 3.36. The van der Waals surface area contributed by atoms with Gasteiger partial charge in [0.25, 0.3) is 11.8 Å². The fourth-order valence-electron chi connectivity index (χ4n) is 4.86. The van der Waals surface area contributed by atoms with E-state index in [1.54, 1.807) is 22.7 Å². The van der Waals surface area contributed by atoms with Gasteiger partial charge in [0.15, 0.2) is 5.65 Å². The van der Waals surface area contributed by atoms with Crippen molar-refractivity contribution >= 4 is 34.5 Å². The molecule has 4 aromatic rings. The van der Waals surface area contributed by atoms with E-state index in [2.05, 4.69) is 20.5 Å². The van der Waals surface area contributed by atoms with Crippen molar-refractivity contribution in [2.75, 3.05) is 37.8 Å². The number of fused-ring (bicyclic) bond motifs is 1. The zero-order chi connectivity index (χ0) is 28.1. The van der Waals surface area contributed by atoms with Crippen molar-refractivity contribution in [3.63, 3.8) is 0 Å². The molecule has 40 heavy (non-hydrogen) atoms. The number of pyridine rings is 2. The summed E-state index contributed by atoms with van der Waals surface area (Å²) in [6.45, 7) is 7.24. The highest BCUT2D eigenvalue weighted by Crippen LogP contribution is 2.28. The molecule has 1 saturated heterocycles. The molecule has 210 valence electrons. The highest BCUT2D eigenvalue weighted by molar-refractivity contribution is 7.08. The molecule has 0 aromatic carbocycles. The maximum atomic E-state index is 13.5. The average molecular weight is 563 g/mol. The van der Waals surface area contributed by atoms with Crippen LogP contribution in [0.4, 0.5) is 5.69 Å². The van der Waals surface area contributed by atoms with E-state index < -0.39 is 0 Å². The summed E-state index contributed by atoms with van der Waals surface area (Å²) in [5, 5.41) is 19.6. The largest absolute Gasteiger partial charge is 0.394 e. The second-order valence-corrected chi connectivity index (χ2v) is 11.0. The number of aliphatic hydroxyl groups excluding tert-OH is 1. The van der Waals surface area contributed by atoms with Crippen LogP contribution in [0.25, 0.3) is 16.9 Å². The van der Waals surface area contributed by atoms with Gasteiger partial charge in [0.2, 0.25) is 0 Å². The van der Waals surface area contributed by atoms with E-state index in [0.717, 1.165) is 30.0 Å². The zero-order valence-electron chi connectivity index (χ0n) is 22.7. The maximum Gasteiger partial charge on any atom is 0.270 e. The molecule has 11 heteroatoms. The number of ether oxygens (including phenoxy) is 1. The van der Waals surface area contributed by atoms with E-state index in [0.29, 0.717) is 48.2 Å². The SMILES string of the molecule is CC(C)C[C@H](CO)NC(=O)c1c(-c2ccsc2)nc2c(C(=O)NCc3ccc(N4CCOCC4)cn3)cccn12. The number of hydrogen-bond donors (Lipinski definition) is 3. The monoisotopic (exact) mass is 562 g/mol. The van der Waals surface area contributed by atoms with Gasteiger partial charge >= 0.3 is 0 Å². The lowest BCUT2D eigenvalue weighted by Crippen LogP contribution is -2.39. The van der Waals surface area contributed by atoms with Crippen LogP contribution in [0.3, 0.4) is 0 Å². The fraction of sp³-hybridized carbons (Fsp3) is 0.379. The first kappa shape index (κ1) is 27.8. The fourth-order valence-corrected chi connectivity index (χ4v) is 5.50. The van der Waals surface area contributed by atoms with Crippen LogP contribution in [0.5, 0.6) is 0 Å². The summed E-state index contributed by atoms with van der Waals surface area (Å²) in [5.74, 6) is -0.363. The number of morpholine rings is 1. The number of rotatable bonds is 10. The number of hydrogen-bond acceptors (Lipinski definition) is 8. The van der Waals surface area contributed by atoms with Crippen LogP contribution in [-0.4, -0.2) is 70.2 Å². The molecule has 3 N–H and O–H groups in total. The van der Waals surface area contributed by atoms with Gasteiger partial charge in [0.05, 0.1) is 55.5 Å². The molecule has 0 unspecified atom stereocenters. The molecule has 10 nitrogen and oxygen atoms in total. The molecule has 5 heterocycles. The molecule has 0 bridgehead atoms. The van der Waals surface area contributed by atoms with Crippen molar-refractivity contribution in [1.82, 2.24) is 25.0 Å². The minimum Gasteiger partial charge on any atom is -0.394 e. The van der Waals surface area contributed by atoms with Crippen molar-refractivity contribution in [2.24, 2.45) is 5.92 Å². The summed E-state index contributed by atoms with van der Waals surface area (Å²) < 4.78 is 7.06. The Kier molecular flexibility index (Phi) is 8.73. The van der Waals surface area contributed by atoms with Crippen molar-refractivity contribution in [3.8, 4) is 11.3 Å². The highest BCUT2D eigenvalue weighted by Gasteiger charge is 2.26. The van der Waals surface area contributed by atoms with Gasteiger partial charge in [-0.3, -0.25) is 19.0 Å². The summed E-state index contributed by atoms with van der Waals surface area (Å²) in [7, 11) is 0. The van der Waals surface area contributed by atoms with E-state index in [4.69, 9.17) is 9.72 Å². The molecular formula is C29H34N6O4S. The number of aromatic nitrogens is 3. The summed E-state index contributed by atoms with van der Waals surface area (Å²) in [5.41, 5.74) is 4.10. The lowest BCUT2D eigenvalue weighted by atomic mass is 10.0. The molecule has 0 aliphatic carbocycles. The Hall–Kier alpha value is -3.80. The normalized spacial score (nSPS) is 14.4. The Labute approximate surface area is 237 Å². The third kappa shape index (κ3) is 6.16. The van der Waals surface area contributed by atoms with Gasteiger partial charge in [-0.2, -0.15) is 11.3 Å². The number of carbonyl (C=O) groups excluding carboxylic acids is 2. The topological polar surface area (TPSA) is 121 Å². The van der Waals surface area contributed by atoms with Gasteiger partial charge in [-0.05, 0) is 48.1 Å². The first-order valence-electron chi connectivity index (χ1n) is 13.5. The third-order valence-corrected chi connectivity index (χ3v) is 7.51. The van der Waals surface area contributed by atoms with E-state index in [-0.39, 0.29) is 31.0 Å². The second kappa shape index (κ2) is 12.6. The highest BCUT2D eigenvalue weighted by atomic mass is 32.1. The molecule has 4 aromatic heterocycles. The molecule has 1 aliphatic heterocycles. The van der Waals surface area contributed by atoms with E-state index >= 15 is 0 Å². The molecule has 0 spiro atoms. The zero-order valence-corrected chi connectivity index (χ0v) is 23.5. The van der Waals surface area contributed by atoms with Crippen LogP contribution in [0, 0.1) is 5.92 Å². The molecule has 0 radical (unpaired) electrons. The van der Waals surface area contributed by atoms with Gasteiger partial charge in [0.1, 0.15) is 11.4 Å². The molecule has 1 atom stereocenters. The van der Waals surface area contributed by atoms with Gasteiger partial charge in [0, 0.05) is 30.2 Å². The lowest BCUT2D eigenvalue weighted by molar-refractivity contribution is 0.0901. The summed E-state index contributed by atoms with van der Waals surface area (Å²) in [4.78, 5) is 38.4. The van der Waals surface area contributed by atoms with E-state index in [9.17, 15) is 14.7 Å². The van der Waals surface area contributed by atoms with Gasteiger partial charge < -0.3 is 25.4 Å². The minimum absolute atomic E-state index is 0.163. The summed E-state index contributed by atoms with van der Waals surface area (Å²) in [6, 6.07) is 8.85. The Morgan fingerprint density at radius 2 is 1.98 bits per heavy atom. The first-order valence-corrected chi connectivity index (χ1v) is 14.4. The Balaban J connectivity index is 1.38. The molecule has 2 amide bonds. The van der Waals surface area contributed by atoms with Crippen molar-refractivity contribution < 1.29 is 19.4 Å². The number of nitrogens with one attached hydrogen (secondary N) is 2. The predicted molar refractivity (Wildman–Crippen MR) is 155 cm³/mol. The average Bonchev–Trinajstić information content (AvgIpc) is 3.64. The standard InChI is InChI=1S/C29H34N6O4S/c1-19(2)14-22(17-36)32-29(38)26-25(20-7-13-40-18-20)33-27-24(4-3-8-35(26)27)28(37)31-15-21-5-6-23(16-30-21)34-9-11-39-12-10-34/h3-8,13,16,18-19,22,36H,9-12,14-15,17H2,1-2H3,(H,31,37)(H,32,38)/t22-/m1/s1. The number of amides is 2. The first-order chi connectivity index (χ1) is 19.4. The van der Waals surface area contributed by atoms with Crippen molar-refractivity contribution in [1.29, 1.82) is 0 Å². The van der Waals surface area contributed by atoms with Crippen LogP contribution in [-0.2, 0) is 11.3 Å². The molecular weight excluding hydrogens is 528 g/mol. The van der Waals surface area contributed by atoms with E-state index in [1.165, 1.54) is 11.3 Å². The van der Waals surface area contributed by atoms with Crippen LogP contribution in [0.2, 0.25) is 0 Å². The molecule has 1 fully saturated rings. The summed E-state index contributed by atoms with van der Waals surface area (Å²) >= 11 is 1.50. The lowest BCUT2D eigenvalue weighted by Gasteiger charge is -2.28. The van der Waals surface area contributed by atoms with Crippen molar-refractivity contribution in [2.45, 2.75) is 32.9 Å². The summed E-state index contributed by atoms with van der Waals surface area (Å²) in [6.07, 6.45) is 4.19. The Bertz CT molecular complexity index is 1450. The van der Waals surface area contributed by atoms with Crippen LogP contribution >= 0.6 is 11.3 Å². The Morgan fingerprint density at radius 1 is 1.15 bits per heavy atom.